The van der Waals surface area contributed by atoms with Gasteiger partial charge in [0.25, 0.3) is 5.91 Å². The molecule has 88 valence electrons. The molecule has 1 N–H and O–H groups in total. The third-order valence-electron chi connectivity index (χ3n) is 2.48. The fourth-order valence-electron chi connectivity index (χ4n) is 1.53. The van der Waals surface area contributed by atoms with E-state index in [2.05, 4.69) is 21.2 Å². The van der Waals surface area contributed by atoms with Crippen molar-refractivity contribution >= 4 is 21.8 Å². The predicted molar refractivity (Wildman–Crippen MR) is 68.7 cm³/mol. The lowest BCUT2D eigenvalue weighted by atomic mass is 10.1. The maximum absolute atomic E-state index is 11.8. The Hall–Kier alpha value is -1.55. The van der Waals surface area contributed by atoms with E-state index in [0.717, 1.165) is 10.0 Å². The second-order valence-electron chi connectivity index (χ2n) is 3.76. The van der Waals surface area contributed by atoms with Gasteiger partial charge < -0.3 is 9.73 Å². The van der Waals surface area contributed by atoms with E-state index in [1.54, 1.807) is 6.07 Å². The molecule has 0 aliphatic rings. The van der Waals surface area contributed by atoms with Crippen molar-refractivity contribution in [3.05, 3.63) is 58.5 Å². The minimum absolute atomic E-state index is 0.0464. The van der Waals surface area contributed by atoms with E-state index in [1.165, 1.54) is 12.5 Å². The zero-order chi connectivity index (χ0) is 12.3. The quantitative estimate of drug-likeness (QED) is 0.941. The molecule has 0 aliphatic heterocycles. The zero-order valence-corrected chi connectivity index (χ0v) is 10.9. The summed E-state index contributed by atoms with van der Waals surface area (Å²) >= 11 is 3.41. The van der Waals surface area contributed by atoms with Gasteiger partial charge in [-0.3, -0.25) is 4.79 Å². The smallest absolute Gasteiger partial charge is 0.255 e. The molecule has 2 rings (SSSR count). The lowest BCUT2D eigenvalue weighted by Gasteiger charge is -2.13. The maximum atomic E-state index is 11.8. The van der Waals surface area contributed by atoms with Gasteiger partial charge >= 0.3 is 0 Å². The first-order chi connectivity index (χ1) is 8.16. The second kappa shape index (κ2) is 5.19. The molecule has 0 saturated carbocycles. The van der Waals surface area contributed by atoms with Crippen molar-refractivity contribution in [2.45, 2.75) is 13.0 Å². The van der Waals surface area contributed by atoms with Gasteiger partial charge in [0.2, 0.25) is 0 Å². The fourth-order valence-corrected chi connectivity index (χ4v) is 1.95. The largest absolute Gasteiger partial charge is 0.472 e. The molecule has 0 bridgehead atoms. The van der Waals surface area contributed by atoms with Crippen LogP contribution in [0.25, 0.3) is 0 Å². The highest BCUT2D eigenvalue weighted by Crippen LogP contribution is 2.18. The van der Waals surface area contributed by atoms with Crippen LogP contribution in [0.4, 0.5) is 0 Å². The number of carbonyl (C=O) groups is 1. The van der Waals surface area contributed by atoms with Gasteiger partial charge in [-0.2, -0.15) is 0 Å². The minimum atomic E-state index is -0.133. The molecule has 17 heavy (non-hydrogen) atoms. The third kappa shape index (κ3) is 2.97. The first kappa shape index (κ1) is 11.9. The molecule has 1 aromatic carbocycles. The van der Waals surface area contributed by atoms with E-state index in [0.29, 0.717) is 5.56 Å². The summed E-state index contributed by atoms with van der Waals surface area (Å²) in [4.78, 5) is 11.8. The van der Waals surface area contributed by atoms with Crippen molar-refractivity contribution in [1.82, 2.24) is 5.32 Å². The Morgan fingerprint density at radius 2 is 2.24 bits per heavy atom. The summed E-state index contributed by atoms with van der Waals surface area (Å²) in [5.41, 5.74) is 1.59. The predicted octanol–water partition coefficient (Wildman–Crippen LogP) is 3.53. The first-order valence-electron chi connectivity index (χ1n) is 5.25. The molecule has 0 radical (unpaired) electrons. The molecule has 1 amide bonds. The van der Waals surface area contributed by atoms with Crippen LogP contribution in [0.1, 0.15) is 28.9 Å². The number of benzene rings is 1. The van der Waals surface area contributed by atoms with Gasteiger partial charge in [-0.15, -0.1) is 0 Å². The molecule has 0 aliphatic carbocycles. The molecule has 3 nitrogen and oxygen atoms in total. The van der Waals surface area contributed by atoms with Crippen molar-refractivity contribution in [2.75, 3.05) is 0 Å². The summed E-state index contributed by atoms with van der Waals surface area (Å²) in [6.45, 7) is 1.94. The van der Waals surface area contributed by atoms with Gasteiger partial charge in [-0.1, -0.05) is 28.1 Å². The average molecular weight is 294 g/mol. The molecular formula is C13H12BrNO2. The number of hydrogen-bond acceptors (Lipinski definition) is 2. The van der Waals surface area contributed by atoms with Crippen molar-refractivity contribution < 1.29 is 9.21 Å². The van der Waals surface area contributed by atoms with Crippen molar-refractivity contribution in [3.8, 4) is 0 Å². The van der Waals surface area contributed by atoms with Crippen LogP contribution >= 0.6 is 15.9 Å². The van der Waals surface area contributed by atoms with E-state index < -0.39 is 0 Å². The highest BCUT2D eigenvalue weighted by atomic mass is 79.9. The lowest BCUT2D eigenvalue weighted by molar-refractivity contribution is 0.0939. The number of hydrogen-bond donors (Lipinski definition) is 1. The summed E-state index contributed by atoms with van der Waals surface area (Å²) in [7, 11) is 0. The summed E-state index contributed by atoms with van der Waals surface area (Å²) in [5, 5.41) is 2.91. The highest BCUT2D eigenvalue weighted by Gasteiger charge is 2.12. The van der Waals surface area contributed by atoms with E-state index in [9.17, 15) is 4.79 Å². The molecule has 0 saturated heterocycles. The van der Waals surface area contributed by atoms with Gasteiger partial charge in [-0.25, -0.2) is 0 Å². The molecule has 0 spiro atoms. The third-order valence-corrected chi connectivity index (χ3v) is 2.97. The molecule has 4 heteroatoms. The molecular weight excluding hydrogens is 282 g/mol. The van der Waals surface area contributed by atoms with Crippen molar-refractivity contribution in [3.63, 3.8) is 0 Å². The molecule has 1 heterocycles. The summed E-state index contributed by atoms with van der Waals surface area (Å²) in [6, 6.07) is 9.46. The number of nitrogens with one attached hydrogen (secondary N) is 1. The minimum Gasteiger partial charge on any atom is -0.472 e. The number of rotatable bonds is 3. The molecule has 0 unspecified atom stereocenters. The standard InChI is InChI=1S/C13H12BrNO2/c1-9(10-3-2-4-12(14)7-10)15-13(16)11-5-6-17-8-11/h2-9H,1H3,(H,15,16)/t9-/m0/s1. The number of carbonyl (C=O) groups excluding carboxylic acids is 1. The van der Waals surface area contributed by atoms with Crippen LogP contribution in [0.15, 0.2) is 51.7 Å². The first-order valence-corrected chi connectivity index (χ1v) is 6.04. The summed E-state index contributed by atoms with van der Waals surface area (Å²) in [6.07, 6.45) is 2.92. The highest BCUT2D eigenvalue weighted by molar-refractivity contribution is 9.10. The van der Waals surface area contributed by atoms with Gasteiger partial charge in [0.15, 0.2) is 0 Å². The van der Waals surface area contributed by atoms with Crippen LogP contribution in [0.2, 0.25) is 0 Å². The second-order valence-corrected chi connectivity index (χ2v) is 4.68. The summed E-state index contributed by atoms with van der Waals surface area (Å²) in [5.74, 6) is -0.133. The van der Waals surface area contributed by atoms with E-state index in [-0.39, 0.29) is 11.9 Å². The number of amides is 1. The number of furan rings is 1. The average Bonchev–Trinajstić information content (AvgIpc) is 2.82. The van der Waals surface area contributed by atoms with Crippen LogP contribution in [-0.2, 0) is 0 Å². The topological polar surface area (TPSA) is 42.2 Å². The van der Waals surface area contributed by atoms with E-state index >= 15 is 0 Å². The van der Waals surface area contributed by atoms with E-state index in [4.69, 9.17) is 4.42 Å². The Labute approximate surface area is 108 Å². The van der Waals surface area contributed by atoms with Crippen molar-refractivity contribution in [2.24, 2.45) is 0 Å². The zero-order valence-electron chi connectivity index (χ0n) is 9.31. The van der Waals surface area contributed by atoms with Crippen molar-refractivity contribution in [1.29, 1.82) is 0 Å². The Bertz CT molecular complexity index is 508. The lowest BCUT2D eigenvalue weighted by Crippen LogP contribution is -2.26. The summed E-state index contributed by atoms with van der Waals surface area (Å²) < 4.78 is 5.87. The monoisotopic (exact) mass is 293 g/mol. The van der Waals surface area contributed by atoms with Gasteiger partial charge in [0.1, 0.15) is 6.26 Å². The molecule has 0 fully saturated rings. The van der Waals surface area contributed by atoms with Gasteiger partial charge in [-0.05, 0) is 30.7 Å². The van der Waals surface area contributed by atoms with Crippen LogP contribution < -0.4 is 5.32 Å². The van der Waals surface area contributed by atoms with E-state index in [1.807, 2.05) is 31.2 Å². The fraction of sp³-hybridized carbons (Fsp3) is 0.154. The Balaban J connectivity index is 2.07. The van der Waals surface area contributed by atoms with Gasteiger partial charge in [0.05, 0.1) is 17.9 Å². The Morgan fingerprint density at radius 3 is 2.88 bits per heavy atom. The molecule has 1 aromatic heterocycles. The SMILES string of the molecule is C[C@H](NC(=O)c1ccoc1)c1cccc(Br)c1. The Morgan fingerprint density at radius 1 is 1.41 bits per heavy atom. The van der Waals surface area contributed by atoms with Gasteiger partial charge in [0, 0.05) is 4.47 Å². The Kier molecular flexibility index (Phi) is 3.64. The molecule has 2 aromatic rings. The maximum Gasteiger partial charge on any atom is 0.255 e. The normalized spacial score (nSPS) is 12.1. The van der Waals surface area contributed by atoms with Crippen LogP contribution in [0.5, 0.6) is 0 Å². The molecule has 1 atom stereocenters. The van der Waals surface area contributed by atoms with Crippen LogP contribution in [0, 0.1) is 0 Å². The number of halogens is 1. The van der Waals surface area contributed by atoms with Crippen LogP contribution in [-0.4, -0.2) is 5.91 Å². The van der Waals surface area contributed by atoms with Crippen LogP contribution in [0.3, 0.4) is 0 Å².